The summed E-state index contributed by atoms with van der Waals surface area (Å²) in [5.41, 5.74) is 2.60. The Morgan fingerprint density at radius 2 is 1.80 bits per heavy atom. The summed E-state index contributed by atoms with van der Waals surface area (Å²) in [5.74, 6) is -0.451. The molecule has 0 aliphatic carbocycles. The molecule has 1 amide bonds. The number of nitrogens with one attached hydrogen (secondary N) is 2. The summed E-state index contributed by atoms with van der Waals surface area (Å²) < 4.78 is 40.0. The molecule has 0 spiro atoms. The Morgan fingerprint density at radius 3 is 2.43 bits per heavy atom. The maximum Gasteiger partial charge on any atom is 0.393 e. The smallest absolute Gasteiger partial charge is 0.370 e. The van der Waals surface area contributed by atoms with Crippen LogP contribution in [0.2, 0.25) is 0 Å². The summed E-state index contributed by atoms with van der Waals surface area (Å²) in [6.07, 6.45) is -5.78. The molecule has 2 N–H and O–H groups in total. The van der Waals surface area contributed by atoms with Gasteiger partial charge in [0.05, 0.1) is 18.0 Å². The van der Waals surface area contributed by atoms with Crippen molar-refractivity contribution >= 4 is 5.91 Å². The third kappa shape index (κ3) is 5.78. The zero-order valence-corrected chi connectivity index (χ0v) is 17.1. The van der Waals surface area contributed by atoms with E-state index in [1.54, 1.807) is 11.8 Å². The van der Waals surface area contributed by atoms with Crippen molar-refractivity contribution in [2.24, 2.45) is 0 Å². The second-order valence-electron chi connectivity index (χ2n) is 7.56. The van der Waals surface area contributed by atoms with E-state index in [-0.39, 0.29) is 11.4 Å². The third-order valence-corrected chi connectivity index (χ3v) is 5.07. The lowest BCUT2D eigenvalue weighted by Gasteiger charge is -2.24. The molecule has 1 saturated heterocycles. The summed E-state index contributed by atoms with van der Waals surface area (Å²) >= 11 is 0. The quantitative estimate of drug-likeness (QED) is 0.683. The number of benzene rings is 2. The Morgan fingerprint density at radius 1 is 1.13 bits per heavy atom. The molecule has 0 aromatic heterocycles. The van der Waals surface area contributed by atoms with E-state index in [1.165, 1.54) is 0 Å². The predicted molar refractivity (Wildman–Crippen MR) is 110 cm³/mol. The first-order valence-electron chi connectivity index (χ1n) is 9.93. The summed E-state index contributed by atoms with van der Waals surface area (Å²) in [7, 11) is 0. The van der Waals surface area contributed by atoms with Crippen LogP contribution < -0.4 is 10.6 Å². The van der Waals surface area contributed by atoms with Crippen molar-refractivity contribution in [3.05, 3.63) is 82.7 Å². The van der Waals surface area contributed by atoms with Crippen LogP contribution in [0.5, 0.6) is 0 Å². The highest BCUT2D eigenvalue weighted by atomic mass is 19.4. The van der Waals surface area contributed by atoms with Crippen molar-refractivity contribution in [1.29, 1.82) is 0 Å². The lowest BCUT2D eigenvalue weighted by atomic mass is 10.1. The number of nitrogens with zero attached hydrogens (tertiary/aromatic N) is 1. The summed E-state index contributed by atoms with van der Waals surface area (Å²) in [6.45, 7) is 5.18. The Balaban J connectivity index is 1.85. The first-order valence-corrected chi connectivity index (χ1v) is 9.93. The molecule has 2 aromatic carbocycles. The number of hydrogen-bond donors (Lipinski definition) is 2. The maximum atomic E-state index is 13.3. The van der Waals surface area contributed by atoms with Gasteiger partial charge in [-0.25, -0.2) is 0 Å². The largest absolute Gasteiger partial charge is 0.393 e. The van der Waals surface area contributed by atoms with Gasteiger partial charge in [-0.3, -0.25) is 4.79 Å². The van der Waals surface area contributed by atoms with E-state index in [1.807, 2.05) is 61.5 Å². The van der Waals surface area contributed by atoms with Gasteiger partial charge in [-0.2, -0.15) is 13.2 Å². The van der Waals surface area contributed by atoms with Gasteiger partial charge >= 0.3 is 6.18 Å². The van der Waals surface area contributed by atoms with Gasteiger partial charge in [0.1, 0.15) is 5.82 Å². The Labute approximate surface area is 174 Å². The van der Waals surface area contributed by atoms with Crippen LogP contribution in [-0.2, 0) is 11.3 Å². The lowest BCUT2D eigenvalue weighted by molar-refractivity contribution is -0.135. The first-order chi connectivity index (χ1) is 14.2. The number of alkyl halides is 3. The molecule has 4 nitrogen and oxygen atoms in total. The highest BCUT2D eigenvalue weighted by molar-refractivity contribution is 5.94. The van der Waals surface area contributed by atoms with Crippen LogP contribution in [0, 0.1) is 6.92 Å². The molecule has 30 heavy (non-hydrogen) atoms. The van der Waals surface area contributed by atoms with Crippen LogP contribution in [0.15, 0.2) is 66.0 Å². The molecule has 7 heteroatoms. The van der Waals surface area contributed by atoms with Gasteiger partial charge in [-0.15, -0.1) is 0 Å². The van der Waals surface area contributed by atoms with Crippen molar-refractivity contribution < 1.29 is 18.0 Å². The highest BCUT2D eigenvalue weighted by Crippen LogP contribution is 2.29. The van der Waals surface area contributed by atoms with E-state index in [0.717, 1.165) is 16.7 Å². The molecule has 1 atom stereocenters. The van der Waals surface area contributed by atoms with Crippen molar-refractivity contribution in [2.75, 3.05) is 13.1 Å². The molecule has 3 rings (SSSR count). The second-order valence-corrected chi connectivity index (χ2v) is 7.56. The van der Waals surface area contributed by atoms with Gasteiger partial charge in [0.25, 0.3) is 5.91 Å². The van der Waals surface area contributed by atoms with E-state index in [2.05, 4.69) is 10.6 Å². The average molecular weight is 417 g/mol. The number of carbonyl (C=O) groups is 1. The van der Waals surface area contributed by atoms with Crippen molar-refractivity contribution in [1.82, 2.24) is 15.5 Å². The third-order valence-electron chi connectivity index (χ3n) is 5.07. The minimum atomic E-state index is -4.49. The lowest BCUT2D eigenvalue weighted by Crippen LogP contribution is -2.34. The highest BCUT2D eigenvalue weighted by Gasteiger charge is 2.36. The van der Waals surface area contributed by atoms with E-state index in [9.17, 15) is 18.0 Å². The SMILES string of the molecule is Cc1ccc(C(C)NC(=O)/C(CC(F)(F)F)=C2/NCCN2Cc2ccccc2)cc1. The van der Waals surface area contributed by atoms with Crippen molar-refractivity contribution in [3.8, 4) is 0 Å². The van der Waals surface area contributed by atoms with Crippen LogP contribution in [-0.4, -0.2) is 30.1 Å². The van der Waals surface area contributed by atoms with Gasteiger partial charge in [0.2, 0.25) is 0 Å². The van der Waals surface area contributed by atoms with E-state index >= 15 is 0 Å². The summed E-state index contributed by atoms with van der Waals surface area (Å²) in [5, 5.41) is 5.73. The molecular weight excluding hydrogens is 391 g/mol. The number of halogens is 3. The molecule has 0 bridgehead atoms. The van der Waals surface area contributed by atoms with E-state index < -0.39 is 24.5 Å². The second kappa shape index (κ2) is 9.24. The molecule has 0 radical (unpaired) electrons. The number of carbonyl (C=O) groups excluding carboxylic acids is 1. The van der Waals surface area contributed by atoms with Crippen molar-refractivity contribution in [2.45, 2.75) is 39.0 Å². The molecule has 1 heterocycles. The molecule has 1 aliphatic rings. The molecule has 2 aromatic rings. The van der Waals surface area contributed by atoms with E-state index in [0.29, 0.717) is 19.6 Å². The fourth-order valence-electron chi connectivity index (χ4n) is 3.49. The zero-order valence-electron chi connectivity index (χ0n) is 17.1. The van der Waals surface area contributed by atoms with Gasteiger partial charge in [0, 0.05) is 19.6 Å². The molecule has 0 saturated carbocycles. The van der Waals surface area contributed by atoms with Crippen LogP contribution in [0.4, 0.5) is 13.2 Å². The summed E-state index contributed by atoms with van der Waals surface area (Å²) in [6, 6.07) is 16.6. The fraction of sp³-hybridized carbons (Fsp3) is 0.348. The molecule has 1 unspecified atom stereocenters. The molecule has 1 aliphatic heterocycles. The van der Waals surface area contributed by atoms with Gasteiger partial charge in [-0.1, -0.05) is 60.2 Å². The number of hydrogen-bond acceptors (Lipinski definition) is 3. The van der Waals surface area contributed by atoms with Gasteiger partial charge in [0.15, 0.2) is 0 Å². The predicted octanol–water partition coefficient (Wildman–Crippen LogP) is 4.44. The Hall–Kier alpha value is -2.96. The zero-order chi connectivity index (χ0) is 21.7. The van der Waals surface area contributed by atoms with E-state index in [4.69, 9.17) is 0 Å². The average Bonchev–Trinajstić information content (AvgIpc) is 3.14. The molecule has 160 valence electrons. The fourth-order valence-corrected chi connectivity index (χ4v) is 3.49. The first kappa shape index (κ1) is 21.7. The Bertz CT molecular complexity index is 892. The minimum absolute atomic E-state index is 0.254. The van der Waals surface area contributed by atoms with Gasteiger partial charge in [-0.05, 0) is 25.0 Å². The molecule has 1 fully saturated rings. The number of amides is 1. The minimum Gasteiger partial charge on any atom is -0.370 e. The van der Waals surface area contributed by atoms with Crippen LogP contribution in [0.25, 0.3) is 0 Å². The van der Waals surface area contributed by atoms with Crippen LogP contribution >= 0.6 is 0 Å². The normalized spacial score (nSPS) is 16.8. The van der Waals surface area contributed by atoms with Gasteiger partial charge < -0.3 is 15.5 Å². The number of aryl methyl sites for hydroxylation is 1. The molecular formula is C23H26F3N3O. The number of rotatable bonds is 6. The topological polar surface area (TPSA) is 44.4 Å². The Kier molecular flexibility index (Phi) is 6.70. The van der Waals surface area contributed by atoms with Crippen LogP contribution in [0.1, 0.15) is 36.1 Å². The monoisotopic (exact) mass is 417 g/mol. The standard InChI is InChI=1S/C23H26F3N3O/c1-16-8-10-19(11-9-16)17(2)28-22(30)20(14-23(24,25)26)21-27-12-13-29(21)15-18-6-4-3-5-7-18/h3-11,17,27H,12-15H2,1-2H3,(H,28,30)/b21-20-. The summed E-state index contributed by atoms with van der Waals surface area (Å²) in [4.78, 5) is 14.7. The van der Waals surface area contributed by atoms with Crippen LogP contribution in [0.3, 0.4) is 0 Å². The maximum absolute atomic E-state index is 13.3. The van der Waals surface area contributed by atoms with Crippen molar-refractivity contribution in [3.63, 3.8) is 0 Å².